The van der Waals surface area contributed by atoms with Gasteiger partial charge in [0.25, 0.3) is 0 Å². The number of hydrogen-bond donors (Lipinski definition) is 0. The fraction of sp³-hybridized carbons (Fsp3) is 0.917. The molecule has 3 nitrogen and oxygen atoms in total. The molecule has 1 heterocycles. The van der Waals surface area contributed by atoms with Crippen LogP contribution in [0.25, 0.3) is 0 Å². The second-order valence-electron chi connectivity index (χ2n) is 4.52. The lowest BCUT2D eigenvalue weighted by Gasteiger charge is -2.35. The average molecular weight is 230 g/mol. The van der Waals surface area contributed by atoms with Crippen LogP contribution in [0.15, 0.2) is 0 Å². The van der Waals surface area contributed by atoms with Gasteiger partial charge in [-0.15, -0.1) is 0 Å². The largest absolute Gasteiger partial charge is 0.340 e. The Morgan fingerprint density at radius 1 is 1.31 bits per heavy atom. The summed E-state index contributed by atoms with van der Waals surface area (Å²) in [7, 11) is 0. The standard InChI is InChI=1S/C12H23FN2O/c1-3-11(2)12(16)15-9-7-14(8-10-15)6-4-5-13/h11H,3-10H2,1-2H3. The molecule has 1 aliphatic rings. The molecule has 1 aliphatic heterocycles. The van der Waals surface area contributed by atoms with E-state index in [1.54, 1.807) is 0 Å². The maximum atomic E-state index is 12.0. The Balaban J connectivity index is 2.28. The molecule has 1 saturated heterocycles. The molecule has 0 aromatic heterocycles. The van der Waals surface area contributed by atoms with Crippen molar-refractivity contribution in [3.8, 4) is 0 Å². The maximum Gasteiger partial charge on any atom is 0.225 e. The molecule has 1 atom stereocenters. The number of carbonyl (C=O) groups is 1. The van der Waals surface area contributed by atoms with Crippen LogP contribution >= 0.6 is 0 Å². The summed E-state index contributed by atoms with van der Waals surface area (Å²) in [4.78, 5) is 16.1. The van der Waals surface area contributed by atoms with Crippen molar-refractivity contribution in [2.24, 2.45) is 5.92 Å². The van der Waals surface area contributed by atoms with Crippen LogP contribution < -0.4 is 0 Å². The van der Waals surface area contributed by atoms with E-state index in [0.717, 1.165) is 39.1 Å². The Morgan fingerprint density at radius 3 is 2.44 bits per heavy atom. The highest BCUT2D eigenvalue weighted by molar-refractivity contribution is 5.78. The Kier molecular flexibility index (Phi) is 5.74. The van der Waals surface area contributed by atoms with Crippen molar-refractivity contribution in [3.05, 3.63) is 0 Å². The fourth-order valence-corrected chi connectivity index (χ4v) is 1.96. The van der Waals surface area contributed by atoms with Gasteiger partial charge in [-0.05, 0) is 12.8 Å². The molecule has 0 aromatic rings. The zero-order valence-electron chi connectivity index (χ0n) is 10.4. The Bertz CT molecular complexity index is 215. The van der Waals surface area contributed by atoms with Gasteiger partial charge in [-0.3, -0.25) is 14.1 Å². The molecule has 0 spiro atoms. The Labute approximate surface area is 97.6 Å². The van der Waals surface area contributed by atoms with Gasteiger partial charge in [0.05, 0.1) is 6.67 Å². The predicted molar refractivity (Wildman–Crippen MR) is 63.1 cm³/mol. The number of rotatable bonds is 5. The second kappa shape index (κ2) is 6.84. The van der Waals surface area contributed by atoms with Crippen molar-refractivity contribution in [1.82, 2.24) is 9.80 Å². The average Bonchev–Trinajstić information content (AvgIpc) is 2.35. The van der Waals surface area contributed by atoms with Crippen LogP contribution in [0, 0.1) is 5.92 Å². The van der Waals surface area contributed by atoms with Crippen LogP contribution in [0.2, 0.25) is 0 Å². The lowest BCUT2D eigenvalue weighted by Crippen LogP contribution is -2.50. The molecule has 1 amide bonds. The van der Waals surface area contributed by atoms with Crippen LogP contribution in [-0.4, -0.2) is 55.1 Å². The van der Waals surface area contributed by atoms with Crippen LogP contribution in [0.3, 0.4) is 0 Å². The van der Waals surface area contributed by atoms with Gasteiger partial charge in [-0.25, -0.2) is 0 Å². The first-order chi connectivity index (χ1) is 7.69. The molecule has 0 N–H and O–H groups in total. The van der Waals surface area contributed by atoms with E-state index in [1.165, 1.54) is 0 Å². The van der Waals surface area contributed by atoms with E-state index >= 15 is 0 Å². The molecule has 1 fully saturated rings. The van der Waals surface area contributed by atoms with E-state index in [-0.39, 0.29) is 18.5 Å². The van der Waals surface area contributed by atoms with Crippen molar-refractivity contribution >= 4 is 5.91 Å². The van der Waals surface area contributed by atoms with E-state index in [9.17, 15) is 9.18 Å². The van der Waals surface area contributed by atoms with Gasteiger partial charge >= 0.3 is 0 Å². The zero-order chi connectivity index (χ0) is 12.0. The van der Waals surface area contributed by atoms with Crippen LogP contribution in [0.4, 0.5) is 4.39 Å². The van der Waals surface area contributed by atoms with E-state index < -0.39 is 0 Å². The third-order valence-corrected chi connectivity index (χ3v) is 3.33. The monoisotopic (exact) mass is 230 g/mol. The summed E-state index contributed by atoms with van der Waals surface area (Å²) in [5, 5.41) is 0. The molecule has 0 aliphatic carbocycles. The van der Waals surface area contributed by atoms with Crippen molar-refractivity contribution in [2.75, 3.05) is 39.4 Å². The molecule has 0 aromatic carbocycles. The van der Waals surface area contributed by atoms with E-state index in [0.29, 0.717) is 6.42 Å². The summed E-state index contributed by atoms with van der Waals surface area (Å²) in [6, 6.07) is 0. The number of amides is 1. The van der Waals surface area contributed by atoms with Gasteiger partial charge in [-0.2, -0.15) is 0 Å². The number of nitrogens with zero attached hydrogens (tertiary/aromatic N) is 2. The molecule has 1 rings (SSSR count). The summed E-state index contributed by atoms with van der Waals surface area (Å²) in [5.41, 5.74) is 0. The van der Waals surface area contributed by atoms with E-state index in [1.807, 2.05) is 18.7 Å². The molecule has 16 heavy (non-hydrogen) atoms. The SMILES string of the molecule is CCC(C)C(=O)N1CCN(CCCF)CC1. The first kappa shape index (κ1) is 13.4. The zero-order valence-corrected chi connectivity index (χ0v) is 10.4. The molecule has 4 heteroatoms. The third-order valence-electron chi connectivity index (χ3n) is 3.33. The molecular formula is C12H23FN2O. The van der Waals surface area contributed by atoms with Crippen molar-refractivity contribution in [3.63, 3.8) is 0 Å². The first-order valence-corrected chi connectivity index (χ1v) is 6.26. The lowest BCUT2D eigenvalue weighted by molar-refractivity contribution is -0.136. The molecule has 0 radical (unpaired) electrons. The molecular weight excluding hydrogens is 207 g/mol. The van der Waals surface area contributed by atoms with Crippen molar-refractivity contribution in [1.29, 1.82) is 0 Å². The summed E-state index contributed by atoms with van der Waals surface area (Å²) in [6.45, 7) is 7.99. The van der Waals surface area contributed by atoms with E-state index in [4.69, 9.17) is 0 Å². The third kappa shape index (κ3) is 3.74. The second-order valence-corrected chi connectivity index (χ2v) is 4.52. The molecule has 0 bridgehead atoms. The topological polar surface area (TPSA) is 23.6 Å². The van der Waals surface area contributed by atoms with Gasteiger partial charge in [0.2, 0.25) is 5.91 Å². The first-order valence-electron chi connectivity index (χ1n) is 6.26. The number of hydrogen-bond acceptors (Lipinski definition) is 2. The van der Waals surface area contributed by atoms with Crippen LogP contribution in [0.5, 0.6) is 0 Å². The summed E-state index contributed by atoms with van der Waals surface area (Å²) in [6.07, 6.45) is 1.51. The minimum Gasteiger partial charge on any atom is -0.340 e. The normalized spacial score (nSPS) is 19.8. The Morgan fingerprint density at radius 2 is 1.94 bits per heavy atom. The molecule has 1 unspecified atom stereocenters. The van der Waals surface area contributed by atoms with Crippen molar-refractivity contribution in [2.45, 2.75) is 26.7 Å². The lowest BCUT2D eigenvalue weighted by atomic mass is 10.1. The minimum absolute atomic E-state index is 0.136. The van der Waals surface area contributed by atoms with Gasteiger partial charge in [0.1, 0.15) is 0 Å². The highest BCUT2D eigenvalue weighted by Crippen LogP contribution is 2.10. The quantitative estimate of drug-likeness (QED) is 0.715. The number of alkyl halides is 1. The molecule has 0 saturated carbocycles. The maximum absolute atomic E-state index is 12.0. The predicted octanol–water partition coefficient (Wildman–Crippen LogP) is 1.54. The van der Waals surface area contributed by atoms with Gasteiger partial charge < -0.3 is 4.90 Å². The smallest absolute Gasteiger partial charge is 0.225 e. The van der Waals surface area contributed by atoms with Crippen LogP contribution in [-0.2, 0) is 4.79 Å². The van der Waals surface area contributed by atoms with Crippen LogP contribution in [0.1, 0.15) is 26.7 Å². The van der Waals surface area contributed by atoms with Gasteiger partial charge in [0, 0.05) is 38.6 Å². The summed E-state index contributed by atoms with van der Waals surface area (Å²) < 4.78 is 12.0. The van der Waals surface area contributed by atoms with Gasteiger partial charge in [0.15, 0.2) is 0 Å². The number of halogens is 1. The highest BCUT2D eigenvalue weighted by Gasteiger charge is 2.23. The summed E-state index contributed by atoms with van der Waals surface area (Å²) in [5.74, 6) is 0.407. The minimum atomic E-state index is -0.244. The number of piperazine rings is 1. The fourth-order valence-electron chi connectivity index (χ4n) is 1.96. The van der Waals surface area contributed by atoms with Gasteiger partial charge in [-0.1, -0.05) is 13.8 Å². The summed E-state index contributed by atoms with van der Waals surface area (Å²) >= 11 is 0. The van der Waals surface area contributed by atoms with E-state index in [2.05, 4.69) is 4.90 Å². The highest BCUT2D eigenvalue weighted by atomic mass is 19.1. The molecule has 94 valence electrons. The Hall–Kier alpha value is -0.640. The number of carbonyl (C=O) groups excluding carboxylic acids is 1. The van der Waals surface area contributed by atoms with Crippen molar-refractivity contribution < 1.29 is 9.18 Å².